The van der Waals surface area contributed by atoms with E-state index in [1.54, 1.807) is 0 Å². The quantitative estimate of drug-likeness (QED) is 0.703. The van der Waals surface area contributed by atoms with Crippen molar-refractivity contribution in [2.45, 2.75) is 70.4 Å². The lowest BCUT2D eigenvalue weighted by Gasteiger charge is -2.30. The normalized spacial score (nSPS) is 22.5. The van der Waals surface area contributed by atoms with Gasteiger partial charge in [-0.25, -0.2) is 0 Å². The van der Waals surface area contributed by atoms with Crippen LogP contribution in [0.25, 0.3) is 0 Å². The fourth-order valence-corrected chi connectivity index (χ4v) is 3.15. The summed E-state index contributed by atoms with van der Waals surface area (Å²) in [5.41, 5.74) is 8.42. The first-order valence-corrected chi connectivity index (χ1v) is 8.79. The van der Waals surface area contributed by atoms with Crippen LogP contribution in [0.3, 0.4) is 0 Å². The number of benzene rings is 1. The Morgan fingerprint density at radius 2 is 1.59 bits per heavy atom. The van der Waals surface area contributed by atoms with Gasteiger partial charge in [-0.05, 0) is 68.3 Å². The molecule has 0 heterocycles. The second-order valence-corrected chi connectivity index (χ2v) is 7.62. The first kappa shape index (κ1) is 17.3. The van der Waals surface area contributed by atoms with Crippen molar-refractivity contribution in [2.24, 2.45) is 5.73 Å². The van der Waals surface area contributed by atoms with Crippen molar-refractivity contribution in [2.75, 3.05) is 18.4 Å². The molecule has 124 valence electrons. The molecule has 0 unspecified atom stereocenters. The second kappa shape index (κ2) is 7.98. The van der Waals surface area contributed by atoms with E-state index in [0.717, 1.165) is 19.5 Å². The Morgan fingerprint density at radius 1 is 1.00 bits per heavy atom. The van der Waals surface area contributed by atoms with E-state index in [-0.39, 0.29) is 5.41 Å². The molecule has 1 aliphatic carbocycles. The Hall–Kier alpha value is -1.06. The molecule has 0 spiro atoms. The SMILES string of the molecule is CC(C)(C)c1ccc(NC2CCC(NCCCN)CC2)cc1. The molecule has 22 heavy (non-hydrogen) atoms. The maximum atomic E-state index is 5.54. The summed E-state index contributed by atoms with van der Waals surface area (Å²) in [5, 5.41) is 7.32. The average molecular weight is 303 g/mol. The average Bonchev–Trinajstić information content (AvgIpc) is 2.49. The summed E-state index contributed by atoms with van der Waals surface area (Å²) >= 11 is 0. The minimum Gasteiger partial charge on any atom is -0.382 e. The molecule has 0 atom stereocenters. The van der Waals surface area contributed by atoms with Gasteiger partial charge in [0.2, 0.25) is 0 Å². The van der Waals surface area contributed by atoms with E-state index >= 15 is 0 Å². The largest absolute Gasteiger partial charge is 0.382 e. The van der Waals surface area contributed by atoms with E-state index in [9.17, 15) is 0 Å². The lowest BCUT2D eigenvalue weighted by molar-refractivity contribution is 0.354. The summed E-state index contributed by atoms with van der Waals surface area (Å²) < 4.78 is 0. The van der Waals surface area contributed by atoms with Crippen LogP contribution in [-0.2, 0) is 5.41 Å². The van der Waals surface area contributed by atoms with Gasteiger partial charge >= 0.3 is 0 Å². The number of nitrogens with two attached hydrogens (primary N) is 1. The fraction of sp³-hybridized carbons (Fsp3) is 0.684. The number of anilines is 1. The molecule has 0 aromatic heterocycles. The molecule has 3 nitrogen and oxygen atoms in total. The van der Waals surface area contributed by atoms with Gasteiger partial charge in [0.1, 0.15) is 0 Å². The third kappa shape index (κ3) is 5.29. The monoisotopic (exact) mass is 303 g/mol. The van der Waals surface area contributed by atoms with E-state index in [1.165, 1.54) is 36.9 Å². The number of nitrogens with one attached hydrogen (secondary N) is 2. The molecule has 1 aromatic carbocycles. The Bertz CT molecular complexity index is 425. The topological polar surface area (TPSA) is 50.1 Å². The van der Waals surface area contributed by atoms with E-state index in [4.69, 9.17) is 5.73 Å². The molecule has 0 aliphatic heterocycles. The van der Waals surface area contributed by atoms with Gasteiger partial charge in [-0.15, -0.1) is 0 Å². The highest BCUT2D eigenvalue weighted by Crippen LogP contribution is 2.26. The summed E-state index contributed by atoms with van der Waals surface area (Å²) in [4.78, 5) is 0. The van der Waals surface area contributed by atoms with E-state index in [2.05, 4.69) is 55.7 Å². The van der Waals surface area contributed by atoms with Crippen LogP contribution in [0.2, 0.25) is 0 Å². The van der Waals surface area contributed by atoms with Gasteiger partial charge in [0.05, 0.1) is 0 Å². The molecule has 1 fully saturated rings. The summed E-state index contributed by atoms with van der Waals surface area (Å²) in [6.07, 6.45) is 6.12. The van der Waals surface area contributed by atoms with Crippen LogP contribution in [0.15, 0.2) is 24.3 Å². The molecule has 0 radical (unpaired) electrons. The van der Waals surface area contributed by atoms with Crippen LogP contribution < -0.4 is 16.4 Å². The maximum Gasteiger partial charge on any atom is 0.0342 e. The van der Waals surface area contributed by atoms with Gasteiger partial charge in [-0.2, -0.15) is 0 Å². The van der Waals surface area contributed by atoms with E-state index in [0.29, 0.717) is 12.1 Å². The van der Waals surface area contributed by atoms with Gasteiger partial charge in [-0.1, -0.05) is 32.9 Å². The zero-order chi connectivity index (χ0) is 16.0. The predicted octanol–water partition coefficient (Wildman–Crippen LogP) is 3.65. The molecule has 1 aromatic rings. The summed E-state index contributed by atoms with van der Waals surface area (Å²) in [5.74, 6) is 0. The number of rotatable bonds is 6. The molecular formula is C19H33N3. The zero-order valence-corrected chi connectivity index (χ0v) is 14.5. The lowest BCUT2D eigenvalue weighted by atomic mass is 9.87. The Kier molecular flexibility index (Phi) is 6.27. The summed E-state index contributed by atoms with van der Waals surface area (Å²) in [6.45, 7) is 8.62. The van der Waals surface area contributed by atoms with Crippen molar-refractivity contribution in [3.05, 3.63) is 29.8 Å². The van der Waals surface area contributed by atoms with Crippen LogP contribution in [0.4, 0.5) is 5.69 Å². The smallest absolute Gasteiger partial charge is 0.0342 e. The Labute approximate surface area is 136 Å². The van der Waals surface area contributed by atoms with Crippen molar-refractivity contribution >= 4 is 5.69 Å². The second-order valence-electron chi connectivity index (χ2n) is 7.62. The minimum atomic E-state index is 0.228. The van der Waals surface area contributed by atoms with E-state index in [1.807, 2.05) is 0 Å². The van der Waals surface area contributed by atoms with Crippen molar-refractivity contribution in [1.82, 2.24) is 5.32 Å². The predicted molar refractivity (Wildman–Crippen MR) is 96.5 cm³/mol. The fourth-order valence-electron chi connectivity index (χ4n) is 3.15. The van der Waals surface area contributed by atoms with Crippen LogP contribution in [0, 0.1) is 0 Å². The maximum absolute atomic E-state index is 5.54. The number of hydrogen-bond donors (Lipinski definition) is 3. The van der Waals surface area contributed by atoms with Crippen molar-refractivity contribution in [3.8, 4) is 0 Å². The molecule has 4 N–H and O–H groups in total. The first-order chi connectivity index (χ1) is 10.5. The first-order valence-electron chi connectivity index (χ1n) is 8.79. The molecule has 2 rings (SSSR count). The van der Waals surface area contributed by atoms with Gasteiger partial charge in [-0.3, -0.25) is 0 Å². The Balaban J connectivity index is 1.76. The molecule has 0 bridgehead atoms. The van der Waals surface area contributed by atoms with Gasteiger partial charge < -0.3 is 16.4 Å². The molecule has 0 saturated heterocycles. The zero-order valence-electron chi connectivity index (χ0n) is 14.5. The molecular weight excluding hydrogens is 270 g/mol. The molecule has 1 saturated carbocycles. The highest BCUT2D eigenvalue weighted by Gasteiger charge is 2.20. The lowest BCUT2D eigenvalue weighted by Crippen LogP contribution is -2.37. The summed E-state index contributed by atoms with van der Waals surface area (Å²) in [7, 11) is 0. The van der Waals surface area contributed by atoms with Crippen molar-refractivity contribution in [1.29, 1.82) is 0 Å². The van der Waals surface area contributed by atoms with Crippen LogP contribution in [-0.4, -0.2) is 25.2 Å². The number of hydrogen-bond acceptors (Lipinski definition) is 3. The van der Waals surface area contributed by atoms with Gasteiger partial charge in [0.15, 0.2) is 0 Å². The molecule has 0 amide bonds. The Morgan fingerprint density at radius 3 is 2.14 bits per heavy atom. The minimum absolute atomic E-state index is 0.228. The molecule has 3 heteroatoms. The van der Waals surface area contributed by atoms with Crippen LogP contribution in [0.1, 0.15) is 58.4 Å². The van der Waals surface area contributed by atoms with E-state index < -0.39 is 0 Å². The standard InChI is InChI=1S/C19H33N3/c1-19(2,3)15-5-7-17(8-6-15)22-18-11-9-16(10-12-18)21-14-4-13-20/h5-8,16,18,21-22H,4,9-14,20H2,1-3H3. The van der Waals surface area contributed by atoms with Crippen molar-refractivity contribution in [3.63, 3.8) is 0 Å². The third-order valence-corrected chi connectivity index (χ3v) is 4.66. The van der Waals surface area contributed by atoms with Gasteiger partial charge in [0, 0.05) is 17.8 Å². The highest BCUT2D eigenvalue weighted by molar-refractivity contribution is 5.46. The van der Waals surface area contributed by atoms with Crippen LogP contribution in [0.5, 0.6) is 0 Å². The van der Waals surface area contributed by atoms with Crippen LogP contribution >= 0.6 is 0 Å². The summed E-state index contributed by atoms with van der Waals surface area (Å²) in [6, 6.07) is 10.3. The molecule has 1 aliphatic rings. The van der Waals surface area contributed by atoms with Crippen molar-refractivity contribution < 1.29 is 0 Å². The highest BCUT2D eigenvalue weighted by atomic mass is 14.9. The van der Waals surface area contributed by atoms with Gasteiger partial charge in [0.25, 0.3) is 0 Å². The third-order valence-electron chi connectivity index (χ3n) is 4.66.